The molecule has 74 valence electrons. The van der Waals surface area contributed by atoms with Crippen molar-refractivity contribution in [3.63, 3.8) is 0 Å². The van der Waals surface area contributed by atoms with E-state index in [9.17, 15) is 0 Å². The number of nitrogens with zero attached hydrogens (tertiary/aromatic N) is 2. The SMILES string of the molecule is Cn1c2ccc(Cl)cc2c2ccncc21. The van der Waals surface area contributed by atoms with E-state index in [-0.39, 0.29) is 0 Å². The Balaban J connectivity index is 2.64. The van der Waals surface area contributed by atoms with Gasteiger partial charge in [0.15, 0.2) is 0 Å². The maximum atomic E-state index is 6.00. The molecule has 0 aliphatic rings. The van der Waals surface area contributed by atoms with Gasteiger partial charge in [-0.15, -0.1) is 0 Å². The molecule has 0 atom stereocenters. The molecule has 2 nitrogen and oxygen atoms in total. The summed E-state index contributed by atoms with van der Waals surface area (Å²) in [5.41, 5.74) is 2.32. The van der Waals surface area contributed by atoms with E-state index in [1.54, 1.807) is 0 Å². The Morgan fingerprint density at radius 2 is 2.00 bits per heavy atom. The first-order valence-electron chi connectivity index (χ1n) is 4.75. The smallest absolute Gasteiger partial charge is 0.0675 e. The van der Waals surface area contributed by atoms with Gasteiger partial charge in [-0.2, -0.15) is 0 Å². The first-order chi connectivity index (χ1) is 7.27. The molecule has 0 radical (unpaired) electrons. The Hall–Kier alpha value is -1.54. The minimum absolute atomic E-state index is 0.770. The number of halogens is 1. The highest BCUT2D eigenvalue weighted by molar-refractivity contribution is 6.31. The van der Waals surface area contributed by atoms with Crippen molar-refractivity contribution in [3.8, 4) is 0 Å². The summed E-state index contributed by atoms with van der Waals surface area (Å²) in [5, 5.41) is 3.15. The molecule has 2 aromatic heterocycles. The molecule has 1 aromatic carbocycles. The number of fused-ring (bicyclic) bond motifs is 3. The summed E-state index contributed by atoms with van der Waals surface area (Å²) in [6.45, 7) is 0. The molecule has 3 rings (SSSR count). The zero-order valence-electron chi connectivity index (χ0n) is 8.24. The summed E-state index contributed by atoms with van der Waals surface area (Å²) >= 11 is 6.00. The van der Waals surface area contributed by atoms with Crippen LogP contribution in [0.15, 0.2) is 36.7 Å². The number of benzene rings is 1. The Bertz CT molecular complexity index is 655. The van der Waals surface area contributed by atoms with Crippen LogP contribution in [0.4, 0.5) is 0 Å². The fraction of sp³-hybridized carbons (Fsp3) is 0.0833. The van der Waals surface area contributed by atoms with Crippen molar-refractivity contribution in [1.29, 1.82) is 0 Å². The second kappa shape index (κ2) is 2.97. The molecule has 0 fully saturated rings. The van der Waals surface area contributed by atoms with Crippen LogP contribution in [0, 0.1) is 0 Å². The van der Waals surface area contributed by atoms with Crippen molar-refractivity contribution in [2.45, 2.75) is 0 Å². The zero-order chi connectivity index (χ0) is 10.4. The van der Waals surface area contributed by atoms with Crippen molar-refractivity contribution in [2.24, 2.45) is 7.05 Å². The molecule has 0 spiro atoms. The van der Waals surface area contributed by atoms with Crippen molar-refractivity contribution in [2.75, 3.05) is 0 Å². The largest absolute Gasteiger partial charge is 0.342 e. The lowest BCUT2D eigenvalue weighted by Gasteiger charge is -1.96. The molecule has 0 aliphatic carbocycles. The van der Waals surface area contributed by atoms with E-state index in [1.807, 2.05) is 43.7 Å². The molecule has 0 unspecified atom stereocenters. The number of hydrogen-bond donors (Lipinski definition) is 0. The number of rotatable bonds is 0. The maximum Gasteiger partial charge on any atom is 0.0675 e. The third-order valence-electron chi connectivity index (χ3n) is 2.77. The summed E-state index contributed by atoms with van der Waals surface area (Å²) in [7, 11) is 2.04. The number of hydrogen-bond acceptors (Lipinski definition) is 1. The molecule has 3 aromatic rings. The van der Waals surface area contributed by atoms with Gasteiger partial charge in [0, 0.05) is 34.6 Å². The van der Waals surface area contributed by atoms with Crippen molar-refractivity contribution < 1.29 is 0 Å². The molecular formula is C12H9ClN2. The van der Waals surface area contributed by atoms with Gasteiger partial charge in [0.1, 0.15) is 0 Å². The lowest BCUT2D eigenvalue weighted by molar-refractivity contribution is 1.01. The molecule has 0 saturated carbocycles. The quantitative estimate of drug-likeness (QED) is 0.563. The van der Waals surface area contributed by atoms with Gasteiger partial charge in [-0.25, -0.2) is 0 Å². The van der Waals surface area contributed by atoms with E-state index < -0.39 is 0 Å². The summed E-state index contributed by atoms with van der Waals surface area (Å²) in [6, 6.07) is 7.97. The molecular weight excluding hydrogens is 208 g/mol. The first-order valence-corrected chi connectivity index (χ1v) is 5.13. The number of aryl methyl sites for hydroxylation is 1. The average molecular weight is 217 g/mol. The topological polar surface area (TPSA) is 17.8 Å². The summed E-state index contributed by atoms with van der Waals surface area (Å²) in [5.74, 6) is 0. The van der Waals surface area contributed by atoms with Crippen molar-refractivity contribution >= 4 is 33.4 Å². The van der Waals surface area contributed by atoms with E-state index in [0.29, 0.717) is 0 Å². The number of pyridine rings is 1. The Labute approximate surface area is 92.1 Å². The second-order valence-corrected chi connectivity index (χ2v) is 4.05. The molecule has 0 N–H and O–H groups in total. The van der Waals surface area contributed by atoms with Crippen LogP contribution in [0.25, 0.3) is 21.8 Å². The fourth-order valence-corrected chi connectivity index (χ4v) is 2.20. The van der Waals surface area contributed by atoms with Crippen LogP contribution in [0.3, 0.4) is 0 Å². The van der Waals surface area contributed by atoms with Gasteiger partial charge in [0.2, 0.25) is 0 Å². The van der Waals surface area contributed by atoms with Gasteiger partial charge >= 0.3 is 0 Å². The minimum atomic E-state index is 0.770. The molecule has 15 heavy (non-hydrogen) atoms. The Morgan fingerprint density at radius 1 is 1.13 bits per heavy atom. The van der Waals surface area contributed by atoms with Crippen LogP contribution in [0.5, 0.6) is 0 Å². The van der Waals surface area contributed by atoms with Crippen LogP contribution < -0.4 is 0 Å². The molecule has 0 aliphatic heterocycles. The monoisotopic (exact) mass is 216 g/mol. The predicted molar refractivity (Wildman–Crippen MR) is 63.2 cm³/mol. The van der Waals surface area contributed by atoms with Crippen LogP contribution in [-0.4, -0.2) is 9.55 Å². The molecule has 3 heteroatoms. The van der Waals surface area contributed by atoms with Crippen molar-refractivity contribution in [1.82, 2.24) is 9.55 Å². The fourth-order valence-electron chi connectivity index (χ4n) is 2.03. The lowest BCUT2D eigenvalue weighted by Crippen LogP contribution is -1.86. The van der Waals surface area contributed by atoms with Crippen LogP contribution >= 0.6 is 11.6 Å². The molecule has 0 bridgehead atoms. The highest BCUT2D eigenvalue weighted by atomic mass is 35.5. The van der Waals surface area contributed by atoms with Crippen molar-refractivity contribution in [3.05, 3.63) is 41.7 Å². The average Bonchev–Trinajstić information content (AvgIpc) is 2.54. The summed E-state index contributed by atoms with van der Waals surface area (Å²) < 4.78 is 2.13. The zero-order valence-corrected chi connectivity index (χ0v) is 8.99. The van der Waals surface area contributed by atoms with E-state index in [2.05, 4.69) is 9.55 Å². The highest BCUT2D eigenvalue weighted by Gasteiger charge is 2.07. The normalized spacial score (nSPS) is 11.3. The molecule has 2 heterocycles. The van der Waals surface area contributed by atoms with Gasteiger partial charge in [0.05, 0.1) is 11.7 Å². The third kappa shape index (κ3) is 1.15. The van der Waals surface area contributed by atoms with E-state index >= 15 is 0 Å². The van der Waals surface area contributed by atoms with Gasteiger partial charge in [-0.05, 0) is 24.3 Å². The van der Waals surface area contributed by atoms with Crippen LogP contribution in [0.2, 0.25) is 5.02 Å². The Kier molecular flexibility index (Phi) is 1.73. The summed E-state index contributed by atoms with van der Waals surface area (Å²) in [6.07, 6.45) is 3.69. The lowest BCUT2D eigenvalue weighted by atomic mass is 10.2. The van der Waals surface area contributed by atoms with Gasteiger partial charge < -0.3 is 4.57 Å². The van der Waals surface area contributed by atoms with E-state index in [1.165, 1.54) is 16.3 Å². The van der Waals surface area contributed by atoms with Gasteiger partial charge in [-0.3, -0.25) is 4.98 Å². The minimum Gasteiger partial charge on any atom is -0.342 e. The molecule has 0 saturated heterocycles. The highest BCUT2D eigenvalue weighted by Crippen LogP contribution is 2.29. The predicted octanol–water partition coefficient (Wildman–Crippen LogP) is 3.38. The standard InChI is InChI=1S/C12H9ClN2/c1-15-11-3-2-8(13)6-10(11)9-4-5-14-7-12(9)15/h2-7H,1H3. The van der Waals surface area contributed by atoms with Crippen LogP contribution in [-0.2, 0) is 7.05 Å². The van der Waals surface area contributed by atoms with E-state index in [4.69, 9.17) is 11.6 Å². The van der Waals surface area contributed by atoms with Gasteiger partial charge in [0.25, 0.3) is 0 Å². The Morgan fingerprint density at radius 3 is 2.87 bits per heavy atom. The summed E-state index contributed by atoms with van der Waals surface area (Å²) in [4.78, 5) is 4.14. The number of aromatic nitrogens is 2. The second-order valence-electron chi connectivity index (χ2n) is 3.61. The van der Waals surface area contributed by atoms with E-state index in [0.717, 1.165) is 10.5 Å². The third-order valence-corrected chi connectivity index (χ3v) is 3.01. The first kappa shape index (κ1) is 8.74. The molecule has 0 amide bonds. The van der Waals surface area contributed by atoms with Gasteiger partial charge in [-0.1, -0.05) is 11.6 Å². The van der Waals surface area contributed by atoms with Crippen LogP contribution in [0.1, 0.15) is 0 Å². The maximum absolute atomic E-state index is 6.00.